The molecule has 4 rings (SSSR count). The van der Waals surface area contributed by atoms with E-state index < -0.39 is 5.97 Å². The van der Waals surface area contributed by atoms with Crippen molar-refractivity contribution in [2.45, 2.75) is 18.8 Å². The number of carbonyl (C=O) groups is 1. The van der Waals surface area contributed by atoms with Gasteiger partial charge in [-0.15, -0.1) is 10.2 Å². The Balaban J connectivity index is 1.55. The molecule has 0 fully saturated rings. The first-order valence-electron chi connectivity index (χ1n) is 11.3. The van der Waals surface area contributed by atoms with Gasteiger partial charge in [0.05, 0.1) is 19.3 Å². The van der Waals surface area contributed by atoms with Crippen LogP contribution in [0.25, 0.3) is 17.5 Å². The SMILES string of the molecule is CCOc1cc(/C=C(\Sc2nnc(-c3cc(Cl)ccc3OC)o2)C(=O)O)ccc1OCc1ccc(F)cc1. The molecule has 0 amide bonds. The average molecular weight is 557 g/mol. The highest BCUT2D eigenvalue weighted by atomic mass is 35.5. The fourth-order valence-electron chi connectivity index (χ4n) is 3.33. The van der Waals surface area contributed by atoms with Crippen LogP contribution in [0.1, 0.15) is 18.1 Å². The maximum Gasteiger partial charge on any atom is 0.342 e. The Morgan fingerprint density at radius 3 is 2.53 bits per heavy atom. The maximum absolute atomic E-state index is 13.1. The predicted molar refractivity (Wildman–Crippen MR) is 141 cm³/mol. The number of halogens is 2. The first-order chi connectivity index (χ1) is 18.4. The summed E-state index contributed by atoms with van der Waals surface area (Å²) in [5.74, 6) is 0.0189. The van der Waals surface area contributed by atoms with Crippen LogP contribution < -0.4 is 14.2 Å². The minimum Gasteiger partial charge on any atom is -0.496 e. The Hall–Kier alpha value is -4.02. The third-order valence-corrected chi connectivity index (χ3v) is 6.17. The number of thioether (sulfide) groups is 1. The minimum absolute atomic E-state index is 0.0277. The molecule has 38 heavy (non-hydrogen) atoms. The van der Waals surface area contributed by atoms with Crippen LogP contribution in [0.4, 0.5) is 4.39 Å². The van der Waals surface area contributed by atoms with E-state index in [9.17, 15) is 14.3 Å². The highest BCUT2D eigenvalue weighted by Crippen LogP contribution is 2.36. The lowest BCUT2D eigenvalue weighted by Crippen LogP contribution is -2.00. The topological polar surface area (TPSA) is 104 Å². The van der Waals surface area contributed by atoms with E-state index in [1.807, 2.05) is 6.92 Å². The van der Waals surface area contributed by atoms with Gasteiger partial charge in [-0.3, -0.25) is 0 Å². The Bertz CT molecular complexity index is 1460. The van der Waals surface area contributed by atoms with Gasteiger partial charge in [-0.2, -0.15) is 0 Å². The zero-order chi connectivity index (χ0) is 27.1. The van der Waals surface area contributed by atoms with Gasteiger partial charge >= 0.3 is 5.97 Å². The summed E-state index contributed by atoms with van der Waals surface area (Å²) in [5, 5.41) is 18.2. The summed E-state index contributed by atoms with van der Waals surface area (Å²) in [6, 6.07) is 16.0. The van der Waals surface area contributed by atoms with Crippen LogP contribution in [0.3, 0.4) is 0 Å². The van der Waals surface area contributed by atoms with Crippen molar-refractivity contribution in [3.8, 4) is 28.7 Å². The average Bonchev–Trinajstić information content (AvgIpc) is 3.37. The molecule has 1 heterocycles. The zero-order valence-corrected chi connectivity index (χ0v) is 21.9. The van der Waals surface area contributed by atoms with E-state index in [1.165, 1.54) is 25.3 Å². The minimum atomic E-state index is -1.18. The van der Waals surface area contributed by atoms with Gasteiger partial charge in [-0.1, -0.05) is 29.8 Å². The van der Waals surface area contributed by atoms with Crippen LogP contribution in [0.5, 0.6) is 17.2 Å². The molecule has 3 aromatic carbocycles. The van der Waals surface area contributed by atoms with Gasteiger partial charge < -0.3 is 23.7 Å². The van der Waals surface area contributed by atoms with Crippen molar-refractivity contribution in [3.05, 3.63) is 87.5 Å². The fourth-order valence-corrected chi connectivity index (χ4v) is 4.18. The molecule has 0 radical (unpaired) electrons. The number of carboxylic acid groups (broad SMARTS) is 1. The molecule has 11 heteroatoms. The number of hydrogen-bond donors (Lipinski definition) is 1. The van der Waals surface area contributed by atoms with Crippen molar-refractivity contribution in [3.63, 3.8) is 0 Å². The third-order valence-electron chi connectivity index (χ3n) is 5.08. The summed E-state index contributed by atoms with van der Waals surface area (Å²) < 4.78 is 35.7. The molecule has 1 aromatic heterocycles. The van der Waals surface area contributed by atoms with Gasteiger partial charge in [-0.25, -0.2) is 9.18 Å². The van der Waals surface area contributed by atoms with E-state index >= 15 is 0 Å². The predicted octanol–water partition coefficient (Wildman–Crippen LogP) is 6.73. The lowest BCUT2D eigenvalue weighted by atomic mass is 10.2. The molecule has 0 aliphatic heterocycles. The smallest absolute Gasteiger partial charge is 0.342 e. The Kier molecular flexibility index (Phi) is 8.88. The summed E-state index contributed by atoms with van der Waals surface area (Å²) in [5.41, 5.74) is 1.83. The summed E-state index contributed by atoms with van der Waals surface area (Å²) >= 11 is 6.88. The van der Waals surface area contributed by atoms with E-state index in [2.05, 4.69) is 10.2 Å². The molecule has 0 aliphatic carbocycles. The molecule has 4 aromatic rings. The summed E-state index contributed by atoms with van der Waals surface area (Å²) in [4.78, 5) is 11.9. The number of nitrogens with zero attached hydrogens (tertiary/aromatic N) is 2. The first-order valence-corrected chi connectivity index (χ1v) is 12.5. The number of benzene rings is 3. The molecule has 8 nitrogen and oxygen atoms in total. The monoisotopic (exact) mass is 556 g/mol. The number of rotatable bonds is 11. The summed E-state index contributed by atoms with van der Waals surface area (Å²) in [7, 11) is 1.50. The third kappa shape index (κ3) is 6.84. The van der Waals surface area contributed by atoms with Crippen LogP contribution in [0.15, 0.2) is 75.2 Å². The van der Waals surface area contributed by atoms with Crippen molar-refractivity contribution < 1.29 is 32.9 Å². The molecule has 0 saturated heterocycles. The number of hydrogen-bond acceptors (Lipinski definition) is 8. The fraction of sp³-hybridized carbons (Fsp3) is 0.148. The van der Waals surface area contributed by atoms with E-state index in [1.54, 1.807) is 48.5 Å². The van der Waals surface area contributed by atoms with Crippen molar-refractivity contribution in [2.75, 3.05) is 13.7 Å². The molecule has 1 N–H and O–H groups in total. The first kappa shape index (κ1) is 27.0. The zero-order valence-electron chi connectivity index (χ0n) is 20.3. The second-order valence-corrected chi connectivity index (χ2v) is 9.12. The molecule has 0 unspecified atom stereocenters. The molecule has 0 bridgehead atoms. The molecule has 196 valence electrons. The standard InChI is InChI=1S/C27H22ClFN2O6S/c1-3-35-23-12-17(6-10-22(23)36-15-16-4-8-19(29)9-5-16)13-24(26(32)33)38-27-31-30-25(37-27)20-14-18(28)7-11-21(20)34-2/h4-14H,3,15H2,1-2H3,(H,32,33)/b24-13-. The van der Waals surface area contributed by atoms with Crippen LogP contribution >= 0.6 is 23.4 Å². The largest absolute Gasteiger partial charge is 0.496 e. The Morgan fingerprint density at radius 1 is 1.05 bits per heavy atom. The van der Waals surface area contributed by atoms with Crippen LogP contribution in [-0.4, -0.2) is 35.0 Å². The van der Waals surface area contributed by atoms with Gasteiger partial charge in [0.25, 0.3) is 11.1 Å². The molecular formula is C27H22ClFN2O6S. The molecule has 0 atom stereocenters. The Morgan fingerprint density at radius 2 is 1.82 bits per heavy atom. The summed E-state index contributed by atoms with van der Waals surface area (Å²) in [6.45, 7) is 2.41. The van der Waals surface area contributed by atoms with Gasteiger partial charge in [-0.05, 0) is 78.4 Å². The van der Waals surface area contributed by atoms with Crippen LogP contribution in [0.2, 0.25) is 5.02 Å². The second kappa shape index (κ2) is 12.5. The highest BCUT2D eigenvalue weighted by molar-refractivity contribution is 8.03. The van der Waals surface area contributed by atoms with Gasteiger partial charge in [0.2, 0.25) is 0 Å². The lowest BCUT2D eigenvalue weighted by molar-refractivity contribution is -0.131. The maximum atomic E-state index is 13.1. The molecule has 0 spiro atoms. The van der Waals surface area contributed by atoms with E-state index in [-0.39, 0.29) is 28.4 Å². The van der Waals surface area contributed by atoms with E-state index in [4.69, 9.17) is 30.2 Å². The van der Waals surface area contributed by atoms with Crippen LogP contribution in [0, 0.1) is 5.82 Å². The number of aromatic nitrogens is 2. The van der Waals surface area contributed by atoms with E-state index in [0.29, 0.717) is 40.0 Å². The second-order valence-electron chi connectivity index (χ2n) is 7.69. The van der Waals surface area contributed by atoms with Crippen molar-refractivity contribution >= 4 is 35.4 Å². The number of carboxylic acids is 1. The Labute approximate surface area is 227 Å². The quantitative estimate of drug-likeness (QED) is 0.159. The van der Waals surface area contributed by atoms with Crippen molar-refractivity contribution in [1.82, 2.24) is 10.2 Å². The van der Waals surface area contributed by atoms with Crippen LogP contribution in [-0.2, 0) is 11.4 Å². The van der Waals surface area contributed by atoms with Gasteiger partial charge in [0.1, 0.15) is 23.1 Å². The van der Waals surface area contributed by atoms with Crippen molar-refractivity contribution in [2.24, 2.45) is 0 Å². The number of ether oxygens (including phenoxy) is 3. The normalized spacial score (nSPS) is 11.3. The van der Waals surface area contributed by atoms with E-state index in [0.717, 1.165) is 17.3 Å². The molecule has 0 saturated carbocycles. The van der Waals surface area contributed by atoms with Gasteiger partial charge in [0, 0.05) is 5.02 Å². The number of aliphatic carboxylic acids is 1. The van der Waals surface area contributed by atoms with Gasteiger partial charge in [0.15, 0.2) is 11.5 Å². The summed E-state index contributed by atoms with van der Waals surface area (Å²) in [6.07, 6.45) is 1.46. The molecule has 0 aliphatic rings. The lowest BCUT2D eigenvalue weighted by Gasteiger charge is -2.13. The molecular weight excluding hydrogens is 535 g/mol. The van der Waals surface area contributed by atoms with Crippen molar-refractivity contribution in [1.29, 1.82) is 0 Å². The highest BCUT2D eigenvalue weighted by Gasteiger charge is 2.19. The number of methoxy groups -OCH3 is 1.